The van der Waals surface area contributed by atoms with Crippen LogP contribution in [-0.2, 0) is 4.79 Å². The van der Waals surface area contributed by atoms with Gasteiger partial charge in [-0.3, -0.25) is 9.78 Å². The highest BCUT2D eigenvalue weighted by Crippen LogP contribution is 2.32. The lowest BCUT2D eigenvalue weighted by molar-refractivity contribution is -0.133. The van der Waals surface area contributed by atoms with Gasteiger partial charge >= 0.3 is 0 Å². The van der Waals surface area contributed by atoms with E-state index in [1.165, 1.54) is 12.8 Å². The Bertz CT molecular complexity index is 813. The van der Waals surface area contributed by atoms with Crippen molar-refractivity contribution in [3.8, 4) is 0 Å². The van der Waals surface area contributed by atoms with E-state index in [0.717, 1.165) is 61.2 Å². The highest BCUT2D eigenvalue weighted by molar-refractivity contribution is 5.82. The van der Waals surface area contributed by atoms with E-state index < -0.39 is 0 Å². The van der Waals surface area contributed by atoms with Gasteiger partial charge in [-0.2, -0.15) is 0 Å². The van der Waals surface area contributed by atoms with Crippen LogP contribution in [-0.4, -0.2) is 53.4 Å². The van der Waals surface area contributed by atoms with Gasteiger partial charge in [0.15, 0.2) is 0 Å². The number of nitrogen functional groups attached to an aromatic ring is 1. The average molecular weight is 367 g/mol. The third kappa shape index (κ3) is 3.93. The maximum Gasteiger partial charge on any atom is 0.224 e. The van der Waals surface area contributed by atoms with Crippen molar-refractivity contribution >= 4 is 22.5 Å². The number of para-hydroxylation sites is 1. The zero-order valence-corrected chi connectivity index (χ0v) is 16.2. The lowest BCUT2D eigenvalue weighted by atomic mass is 9.91. The molecule has 1 aromatic carbocycles. The van der Waals surface area contributed by atoms with Crippen molar-refractivity contribution in [2.24, 2.45) is 0 Å². The van der Waals surface area contributed by atoms with Crippen LogP contribution in [0.15, 0.2) is 30.3 Å². The summed E-state index contributed by atoms with van der Waals surface area (Å²) in [6, 6.07) is 10.6. The molecule has 27 heavy (non-hydrogen) atoms. The Hall–Kier alpha value is -2.14. The van der Waals surface area contributed by atoms with Gasteiger partial charge in [-0.05, 0) is 51.4 Å². The first-order chi connectivity index (χ1) is 13.1. The van der Waals surface area contributed by atoms with Crippen molar-refractivity contribution in [3.05, 3.63) is 36.0 Å². The second kappa shape index (κ2) is 7.85. The lowest BCUT2D eigenvalue weighted by Crippen LogP contribution is -2.44. The number of piperidine rings is 2. The number of benzene rings is 1. The highest BCUT2D eigenvalue weighted by atomic mass is 16.2. The number of carbonyl (C=O) groups is 1. The quantitative estimate of drug-likeness (QED) is 0.904. The van der Waals surface area contributed by atoms with Gasteiger partial charge in [0.25, 0.3) is 0 Å². The van der Waals surface area contributed by atoms with E-state index in [1.807, 2.05) is 30.3 Å². The van der Waals surface area contributed by atoms with Crippen LogP contribution in [0.5, 0.6) is 0 Å². The number of likely N-dealkylation sites (tertiary alicyclic amines) is 2. The second-order valence-corrected chi connectivity index (χ2v) is 8.14. The van der Waals surface area contributed by atoms with Crippen molar-refractivity contribution in [1.29, 1.82) is 0 Å². The summed E-state index contributed by atoms with van der Waals surface area (Å²) < 4.78 is 0. The molecule has 0 bridgehead atoms. The molecule has 2 aliphatic heterocycles. The molecule has 0 saturated carbocycles. The van der Waals surface area contributed by atoms with Crippen LogP contribution in [0.4, 0.5) is 5.69 Å². The molecule has 5 heteroatoms. The van der Waals surface area contributed by atoms with Crippen LogP contribution < -0.4 is 5.73 Å². The van der Waals surface area contributed by atoms with Gasteiger partial charge in [0, 0.05) is 36.9 Å². The summed E-state index contributed by atoms with van der Waals surface area (Å²) in [7, 11) is 2.15. The van der Waals surface area contributed by atoms with E-state index in [2.05, 4.69) is 16.8 Å². The standard InChI is InChI=1S/C22H30N4O/c1-25-11-5-4-7-18(25)15-21(27)26-12-9-16(10-13-26)22-19(23)14-17-6-2-3-8-20(17)24-22/h2-3,6,8,14,16,18H,4-5,7,9-13,15,23H2,1H3/t18-/m1/s1. The fraction of sp³-hybridized carbons (Fsp3) is 0.545. The van der Waals surface area contributed by atoms with Crippen LogP contribution >= 0.6 is 0 Å². The molecule has 5 nitrogen and oxygen atoms in total. The Morgan fingerprint density at radius 2 is 1.93 bits per heavy atom. The molecule has 2 N–H and O–H groups in total. The molecule has 1 atom stereocenters. The van der Waals surface area contributed by atoms with Crippen LogP contribution in [0.1, 0.15) is 50.1 Å². The number of pyridine rings is 1. The Kier molecular flexibility index (Phi) is 5.30. The smallest absolute Gasteiger partial charge is 0.224 e. The van der Waals surface area contributed by atoms with E-state index in [9.17, 15) is 4.79 Å². The van der Waals surface area contributed by atoms with Crippen LogP contribution in [0.2, 0.25) is 0 Å². The number of carbonyl (C=O) groups excluding carboxylic acids is 1. The van der Waals surface area contributed by atoms with Crippen LogP contribution in [0, 0.1) is 0 Å². The SMILES string of the molecule is CN1CCCC[C@@H]1CC(=O)N1CCC(c2nc3ccccc3cc2N)CC1. The molecule has 2 fully saturated rings. The Balaban J connectivity index is 1.38. The summed E-state index contributed by atoms with van der Waals surface area (Å²) in [4.78, 5) is 22.0. The van der Waals surface area contributed by atoms with E-state index in [4.69, 9.17) is 10.7 Å². The van der Waals surface area contributed by atoms with Crippen molar-refractivity contribution < 1.29 is 4.79 Å². The number of rotatable bonds is 3. The third-order valence-corrected chi connectivity index (χ3v) is 6.35. The first-order valence-corrected chi connectivity index (χ1v) is 10.2. The minimum Gasteiger partial charge on any atom is -0.397 e. The number of nitrogens with zero attached hydrogens (tertiary/aromatic N) is 3. The van der Waals surface area contributed by atoms with Gasteiger partial charge in [-0.1, -0.05) is 24.6 Å². The lowest BCUT2D eigenvalue weighted by Gasteiger charge is -2.36. The van der Waals surface area contributed by atoms with Gasteiger partial charge < -0.3 is 15.5 Å². The fourth-order valence-corrected chi connectivity index (χ4v) is 4.61. The minimum absolute atomic E-state index is 0.312. The molecule has 4 rings (SSSR count). The van der Waals surface area contributed by atoms with E-state index >= 15 is 0 Å². The summed E-state index contributed by atoms with van der Waals surface area (Å²) >= 11 is 0. The van der Waals surface area contributed by atoms with Gasteiger partial charge in [0.2, 0.25) is 5.91 Å². The Labute approximate surface area is 161 Å². The number of hydrogen-bond acceptors (Lipinski definition) is 4. The summed E-state index contributed by atoms with van der Waals surface area (Å²) in [6.45, 7) is 2.74. The molecule has 2 aromatic rings. The van der Waals surface area contributed by atoms with Crippen molar-refractivity contribution in [3.63, 3.8) is 0 Å². The van der Waals surface area contributed by atoms with Gasteiger partial charge in [0.05, 0.1) is 16.9 Å². The Morgan fingerprint density at radius 3 is 2.70 bits per heavy atom. The summed E-state index contributed by atoms with van der Waals surface area (Å²) in [6.07, 6.45) is 6.21. The largest absolute Gasteiger partial charge is 0.397 e. The average Bonchev–Trinajstić information content (AvgIpc) is 2.69. The summed E-state index contributed by atoms with van der Waals surface area (Å²) in [5.74, 6) is 0.655. The molecule has 0 aliphatic carbocycles. The maximum absolute atomic E-state index is 12.8. The minimum atomic E-state index is 0.312. The number of nitrogens with two attached hydrogens (primary N) is 1. The van der Waals surface area contributed by atoms with Gasteiger partial charge in [-0.25, -0.2) is 0 Å². The number of hydrogen-bond donors (Lipinski definition) is 1. The number of aromatic nitrogens is 1. The third-order valence-electron chi connectivity index (χ3n) is 6.35. The summed E-state index contributed by atoms with van der Waals surface area (Å²) in [5, 5.41) is 1.09. The monoisotopic (exact) mass is 366 g/mol. The number of amides is 1. The molecule has 2 aliphatic rings. The number of fused-ring (bicyclic) bond motifs is 1. The normalized spacial score (nSPS) is 22.3. The first-order valence-electron chi connectivity index (χ1n) is 10.2. The second-order valence-electron chi connectivity index (χ2n) is 8.14. The van der Waals surface area contributed by atoms with E-state index in [-0.39, 0.29) is 0 Å². The van der Waals surface area contributed by atoms with E-state index in [1.54, 1.807) is 0 Å². The number of anilines is 1. The zero-order chi connectivity index (χ0) is 18.8. The predicted octanol–water partition coefficient (Wildman–Crippen LogP) is 3.40. The predicted molar refractivity (Wildman–Crippen MR) is 110 cm³/mol. The molecule has 0 radical (unpaired) electrons. The summed E-state index contributed by atoms with van der Waals surface area (Å²) in [5.41, 5.74) is 9.09. The molecule has 1 amide bonds. The zero-order valence-electron chi connectivity index (χ0n) is 16.2. The first kappa shape index (κ1) is 18.2. The van der Waals surface area contributed by atoms with Gasteiger partial charge in [0.1, 0.15) is 0 Å². The molecule has 144 valence electrons. The van der Waals surface area contributed by atoms with Crippen molar-refractivity contribution in [2.75, 3.05) is 32.4 Å². The van der Waals surface area contributed by atoms with Crippen LogP contribution in [0.25, 0.3) is 10.9 Å². The maximum atomic E-state index is 12.8. The van der Waals surface area contributed by atoms with Crippen molar-refractivity contribution in [1.82, 2.24) is 14.8 Å². The Morgan fingerprint density at radius 1 is 1.15 bits per heavy atom. The van der Waals surface area contributed by atoms with Gasteiger partial charge in [-0.15, -0.1) is 0 Å². The fourth-order valence-electron chi connectivity index (χ4n) is 4.61. The molecule has 0 unspecified atom stereocenters. The van der Waals surface area contributed by atoms with Crippen LogP contribution in [0.3, 0.4) is 0 Å². The molecule has 3 heterocycles. The molecular weight excluding hydrogens is 336 g/mol. The molecule has 2 saturated heterocycles. The molecule has 0 spiro atoms. The van der Waals surface area contributed by atoms with Crippen molar-refractivity contribution in [2.45, 2.75) is 50.5 Å². The van der Waals surface area contributed by atoms with E-state index in [0.29, 0.717) is 24.3 Å². The molecular formula is C22H30N4O. The topological polar surface area (TPSA) is 62.5 Å². The molecule has 1 aromatic heterocycles. The highest BCUT2D eigenvalue weighted by Gasteiger charge is 2.29.